The Labute approximate surface area is 111 Å². The Bertz CT molecular complexity index is 630. The Morgan fingerprint density at radius 3 is 2.74 bits per heavy atom. The molecule has 0 amide bonds. The van der Waals surface area contributed by atoms with Gasteiger partial charge in [-0.25, -0.2) is 0 Å². The van der Waals surface area contributed by atoms with E-state index in [1.54, 1.807) is 7.11 Å². The van der Waals surface area contributed by atoms with Crippen molar-refractivity contribution in [2.75, 3.05) is 7.11 Å². The monoisotopic (exact) mass is 263 g/mol. The lowest BCUT2D eigenvalue weighted by Crippen LogP contribution is -2.06. The molecule has 2 N–H and O–H groups in total. The molecule has 19 heavy (non-hydrogen) atoms. The molecule has 0 saturated heterocycles. The first-order valence-electron chi connectivity index (χ1n) is 5.98. The van der Waals surface area contributed by atoms with Crippen LogP contribution in [0.4, 0.5) is 0 Å². The molecule has 0 fully saturated rings. The normalized spacial score (nSPS) is 12.6. The molecule has 0 saturated carbocycles. The first-order valence-corrected chi connectivity index (χ1v) is 5.98. The second-order valence-corrected chi connectivity index (χ2v) is 4.55. The summed E-state index contributed by atoms with van der Waals surface area (Å²) in [5, 5.41) is 19.8. The number of benzene rings is 1. The lowest BCUT2D eigenvalue weighted by Gasteiger charge is -2.09. The summed E-state index contributed by atoms with van der Waals surface area (Å²) in [6.07, 6.45) is -1.33. The largest absolute Gasteiger partial charge is 0.497 e. The van der Waals surface area contributed by atoms with Crippen LogP contribution in [-0.4, -0.2) is 27.9 Å². The summed E-state index contributed by atoms with van der Waals surface area (Å²) in [5.74, 6) is -0.339. The number of aliphatic hydroxyl groups is 1. The maximum Gasteiger partial charge on any atom is 0.306 e. The van der Waals surface area contributed by atoms with Gasteiger partial charge in [0.05, 0.1) is 19.6 Å². The highest BCUT2D eigenvalue weighted by Gasteiger charge is 2.21. The zero-order chi connectivity index (χ0) is 14.2. The second-order valence-electron chi connectivity index (χ2n) is 4.55. The third-order valence-corrected chi connectivity index (χ3v) is 3.45. The van der Waals surface area contributed by atoms with Crippen LogP contribution in [-0.2, 0) is 11.8 Å². The van der Waals surface area contributed by atoms with Crippen LogP contribution in [0, 0.1) is 6.92 Å². The molecule has 5 heteroatoms. The van der Waals surface area contributed by atoms with Gasteiger partial charge in [0.2, 0.25) is 0 Å². The number of aryl methyl sites for hydroxylation is 1. The third-order valence-electron chi connectivity index (χ3n) is 3.45. The summed E-state index contributed by atoms with van der Waals surface area (Å²) in [4.78, 5) is 10.8. The highest BCUT2D eigenvalue weighted by Crippen LogP contribution is 2.33. The van der Waals surface area contributed by atoms with Crippen molar-refractivity contribution >= 4 is 16.9 Å². The van der Waals surface area contributed by atoms with Crippen LogP contribution in [0.1, 0.15) is 23.8 Å². The van der Waals surface area contributed by atoms with E-state index in [2.05, 4.69) is 0 Å². The van der Waals surface area contributed by atoms with Gasteiger partial charge in [-0.3, -0.25) is 4.79 Å². The Kier molecular flexibility index (Phi) is 3.48. The summed E-state index contributed by atoms with van der Waals surface area (Å²) in [6, 6.07) is 5.57. The number of carboxylic acid groups (broad SMARTS) is 1. The van der Waals surface area contributed by atoms with Crippen molar-refractivity contribution in [2.45, 2.75) is 19.4 Å². The van der Waals surface area contributed by atoms with Crippen LogP contribution in [0.15, 0.2) is 18.2 Å². The van der Waals surface area contributed by atoms with Crippen molar-refractivity contribution in [1.29, 1.82) is 0 Å². The molecule has 2 rings (SSSR count). The van der Waals surface area contributed by atoms with Crippen molar-refractivity contribution in [2.24, 2.45) is 7.05 Å². The lowest BCUT2D eigenvalue weighted by atomic mass is 10.0. The topological polar surface area (TPSA) is 71.7 Å². The zero-order valence-electron chi connectivity index (χ0n) is 11.2. The van der Waals surface area contributed by atoms with E-state index >= 15 is 0 Å². The van der Waals surface area contributed by atoms with Crippen molar-refractivity contribution in [3.63, 3.8) is 0 Å². The van der Waals surface area contributed by atoms with Gasteiger partial charge in [0.25, 0.3) is 0 Å². The van der Waals surface area contributed by atoms with Gasteiger partial charge in [-0.2, -0.15) is 0 Å². The standard InChI is InChI=1S/C14H17NO4/c1-8-14(12(16)7-13(17)18)10-6-9(19-3)4-5-11(10)15(8)2/h4-6,12,16H,7H2,1-3H3,(H,17,18). The maximum absolute atomic E-state index is 10.8. The van der Waals surface area contributed by atoms with Gasteiger partial charge in [-0.05, 0) is 25.1 Å². The predicted molar refractivity (Wildman–Crippen MR) is 71.4 cm³/mol. The van der Waals surface area contributed by atoms with Crippen molar-refractivity contribution < 1.29 is 19.7 Å². The summed E-state index contributed by atoms with van der Waals surface area (Å²) in [7, 11) is 3.46. The number of methoxy groups -OCH3 is 1. The average molecular weight is 263 g/mol. The van der Waals surface area contributed by atoms with E-state index in [9.17, 15) is 9.90 Å². The minimum Gasteiger partial charge on any atom is -0.497 e. The molecule has 0 aliphatic rings. The summed E-state index contributed by atoms with van der Waals surface area (Å²) >= 11 is 0. The predicted octanol–water partition coefficient (Wildman–Crippen LogP) is 2.00. The van der Waals surface area contributed by atoms with Gasteiger partial charge in [-0.15, -0.1) is 0 Å². The van der Waals surface area contributed by atoms with Crippen LogP contribution in [0.25, 0.3) is 10.9 Å². The summed E-state index contributed by atoms with van der Waals surface area (Å²) in [5.41, 5.74) is 2.45. The number of rotatable bonds is 4. The number of aliphatic hydroxyl groups excluding tert-OH is 1. The molecule has 2 aromatic rings. The number of fused-ring (bicyclic) bond motifs is 1. The van der Waals surface area contributed by atoms with Crippen LogP contribution in [0.3, 0.4) is 0 Å². The van der Waals surface area contributed by atoms with Gasteiger partial charge in [0.1, 0.15) is 5.75 Å². The van der Waals surface area contributed by atoms with E-state index in [1.807, 2.05) is 36.7 Å². The Morgan fingerprint density at radius 2 is 2.16 bits per heavy atom. The maximum atomic E-state index is 10.8. The Hall–Kier alpha value is -2.01. The third kappa shape index (κ3) is 2.29. The molecule has 0 radical (unpaired) electrons. The molecule has 0 spiro atoms. The molecule has 102 valence electrons. The number of carbonyl (C=O) groups is 1. The summed E-state index contributed by atoms with van der Waals surface area (Å²) < 4.78 is 7.12. The van der Waals surface area contributed by atoms with Gasteiger partial charge in [-0.1, -0.05) is 0 Å². The Morgan fingerprint density at radius 1 is 1.47 bits per heavy atom. The van der Waals surface area contributed by atoms with Crippen molar-refractivity contribution in [3.8, 4) is 5.75 Å². The van der Waals surface area contributed by atoms with Gasteiger partial charge >= 0.3 is 5.97 Å². The van der Waals surface area contributed by atoms with Crippen LogP contribution in [0.2, 0.25) is 0 Å². The van der Waals surface area contributed by atoms with Crippen LogP contribution >= 0.6 is 0 Å². The Balaban J connectivity index is 2.64. The van der Waals surface area contributed by atoms with E-state index < -0.39 is 12.1 Å². The highest BCUT2D eigenvalue weighted by molar-refractivity contribution is 5.87. The number of aromatic nitrogens is 1. The molecule has 1 unspecified atom stereocenters. The van der Waals surface area contributed by atoms with Crippen LogP contribution < -0.4 is 4.74 Å². The van der Waals surface area contributed by atoms with Crippen molar-refractivity contribution in [1.82, 2.24) is 4.57 Å². The smallest absolute Gasteiger partial charge is 0.306 e. The number of nitrogens with zero attached hydrogens (tertiary/aromatic N) is 1. The highest BCUT2D eigenvalue weighted by atomic mass is 16.5. The minimum atomic E-state index is -1.02. The van der Waals surface area contributed by atoms with E-state index in [-0.39, 0.29) is 6.42 Å². The van der Waals surface area contributed by atoms with Gasteiger partial charge < -0.3 is 19.5 Å². The molecular formula is C14H17NO4. The van der Waals surface area contributed by atoms with E-state index in [0.717, 1.165) is 16.6 Å². The van der Waals surface area contributed by atoms with E-state index in [4.69, 9.17) is 9.84 Å². The second kappa shape index (κ2) is 4.93. The van der Waals surface area contributed by atoms with Crippen molar-refractivity contribution in [3.05, 3.63) is 29.5 Å². The fourth-order valence-electron chi connectivity index (χ4n) is 2.39. The molecule has 1 heterocycles. The fraction of sp³-hybridized carbons (Fsp3) is 0.357. The first kappa shape index (κ1) is 13.4. The molecule has 1 atom stereocenters. The number of ether oxygens (including phenoxy) is 1. The molecule has 0 bridgehead atoms. The van der Waals surface area contributed by atoms with Gasteiger partial charge in [0.15, 0.2) is 0 Å². The SMILES string of the molecule is COc1ccc2c(c1)c(C(O)CC(=O)O)c(C)n2C. The fourth-order valence-corrected chi connectivity index (χ4v) is 2.39. The molecule has 5 nitrogen and oxygen atoms in total. The molecule has 1 aromatic heterocycles. The number of hydrogen-bond acceptors (Lipinski definition) is 3. The number of hydrogen-bond donors (Lipinski definition) is 2. The summed E-state index contributed by atoms with van der Waals surface area (Å²) in [6.45, 7) is 1.87. The number of aliphatic carboxylic acids is 1. The number of carboxylic acids is 1. The molecule has 0 aliphatic carbocycles. The van der Waals surface area contributed by atoms with E-state index in [1.165, 1.54) is 0 Å². The quantitative estimate of drug-likeness (QED) is 0.885. The first-order chi connectivity index (χ1) is 8.95. The minimum absolute atomic E-state index is 0.308. The van der Waals surface area contributed by atoms with Gasteiger partial charge in [0, 0.05) is 29.2 Å². The molecule has 1 aromatic carbocycles. The average Bonchev–Trinajstić information content (AvgIpc) is 2.60. The lowest BCUT2D eigenvalue weighted by molar-refractivity contribution is -0.139. The molecule has 0 aliphatic heterocycles. The zero-order valence-corrected chi connectivity index (χ0v) is 11.2. The van der Waals surface area contributed by atoms with Crippen LogP contribution in [0.5, 0.6) is 5.75 Å². The molecular weight excluding hydrogens is 246 g/mol. The van der Waals surface area contributed by atoms with E-state index in [0.29, 0.717) is 11.3 Å².